The van der Waals surface area contributed by atoms with Crippen LogP contribution < -0.4 is 15.8 Å². The Bertz CT molecular complexity index is 879. The van der Waals surface area contributed by atoms with Gasteiger partial charge < -0.3 is 15.8 Å². The van der Waals surface area contributed by atoms with Gasteiger partial charge in [-0.15, -0.1) is 0 Å². The largest absolute Gasteiger partial charge is 0.455 e. The number of hydrogen-bond donors (Lipinski definition) is 2. The van der Waals surface area contributed by atoms with E-state index in [4.69, 9.17) is 22.1 Å². The minimum Gasteiger partial charge on any atom is -0.455 e. The summed E-state index contributed by atoms with van der Waals surface area (Å²) in [4.78, 5) is 11.3. The first kappa shape index (κ1) is 16.9. The minimum absolute atomic E-state index is 0.437. The summed E-state index contributed by atoms with van der Waals surface area (Å²) in [7, 11) is 0. The molecule has 3 aromatic carbocycles. The third-order valence-electron chi connectivity index (χ3n) is 3.62. The van der Waals surface area contributed by atoms with Crippen molar-refractivity contribution in [2.75, 3.05) is 5.32 Å². The van der Waals surface area contributed by atoms with Crippen molar-refractivity contribution in [2.45, 2.75) is 6.54 Å². The van der Waals surface area contributed by atoms with Crippen LogP contribution in [-0.4, -0.2) is 5.91 Å². The van der Waals surface area contributed by atoms with Gasteiger partial charge in [0, 0.05) is 17.1 Å². The van der Waals surface area contributed by atoms with Crippen LogP contribution in [0.15, 0.2) is 72.8 Å². The zero-order valence-electron chi connectivity index (χ0n) is 13.4. The number of nitrogens with one attached hydrogen (secondary N) is 1. The van der Waals surface area contributed by atoms with Gasteiger partial charge in [-0.05, 0) is 54.1 Å². The fourth-order valence-electron chi connectivity index (χ4n) is 2.36. The van der Waals surface area contributed by atoms with Gasteiger partial charge in [0.2, 0.25) is 5.91 Å². The molecular weight excluding hydrogens is 336 g/mol. The normalized spacial score (nSPS) is 10.3. The Balaban J connectivity index is 1.74. The smallest absolute Gasteiger partial charge is 0.248 e. The summed E-state index contributed by atoms with van der Waals surface area (Å²) in [5, 5.41) is 3.98. The van der Waals surface area contributed by atoms with E-state index in [0.29, 0.717) is 28.6 Å². The molecule has 0 unspecified atom stereocenters. The van der Waals surface area contributed by atoms with Gasteiger partial charge in [-0.1, -0.05) is 35.9 Å². The van der Waals surface area contributed by atoms with E-state index in [-0.39, 0.29) is 0 Å². The predicted octanol–water partition coefficient (Wildman–Crippen LogP) is 4.84. The van der Waals surface area contributed by atoms with Crippen LogP contribution in [0.1, 0.15) is 15.9 Å². The van der Waals surface area contributed by atoms with Gasteiger partial charge in [0.05, 0.1) is 5.69 Å². The van der Waals surface area contributed by atoms with E-state index < -0.39 is 5.91 Å². The third kappa shape index (κ3) is 4.52. The first-order valence-electron chi connectivity index (χ1n) is 7.77. The number of primary amides is 1. The summed E-state index contributed by atoms with van der Waals surface area (Å²) in [6.07, 6.45) is 0. The van der Waals surface area contributed by atoms with Gasteiger partial charge in [0.25, 0.3) is 0 Å². The van der Waals surface area contributed by atoms with Gasteiger partial charge in [0.15, 0.2) is 5.75 Å². The van der Waals surface area contributed by atoms with Crippen molar-refractivity contribution in [1.82, 2.24) is 0 Å². The summed E-state index contributed by atoms with van der Waals surface area (Å²) in [5.74, 6) is 0.971. The van der Waals surface area contributed by atoms with Crippen LogP contribution >= 0.6 is 11.6 Å². The second-order valence-corrected chi connectivity index (χ2v) is 5.91. The molecular formula is C20H17ClN2O2. The maximum atomic E-state index is 11.3. The van der Waals surface area contributed by atoms with E-state index >= 15 is 0 Å². The average Bonchev–Trinajstić information content (AvgIpc) is 2.63. The van der Waals surface area contributed by atoms with Crippen LogP contribution in [0.2, 0.25) is 5.02 Å². The van der Waals surface area contributed by atoms with Crippen molar-refractivity contribution >= 4 is 23.2 Å². The molecule has 0 aliphatic heterocycles. The van der Waals surface area contributed by atoms with E-state index in [1.54, 1.807) is 24.3 Å². The molecule has 0 fully saturated rings. The molecule has 4 nitrogen and oxygen atoms in total. The maximum absolute atomic E-state index is 11.3. The van der Waals surface area contributed by atoms with Gasteiger partial charge in [-0.25, -0.2) is 0 Å². The number of benzene rings is 3. The molecule has 126 valence electrons. The zero-order chi connectivity index (χ0) is 17.6. The number of carbonyl (C=O) groups is 1. The second-order valence-electron chi connectivity index (χ2n) is 5.47. The monoisotopic (exact) mass is 352 g/mol. The molecule has 25 heavy (non-hydrogen) atoms. The van der Waals surface area contributed by atoms with Crippen molar-refractivity contribution in [1.29, 1.82) is 0 Å². The highest BCUT2D eigenvalue weighted by Gasteiger charge is 2.06. The Hall–Kier alpha value is -2.98. The molecule has 0 aliphatic carbocycles. The summed E-state index contributed by atoms with van der Waals surface area (Å²) < 4.78 is 5.92. The Kier molecular flexibility index (Phi) is 5.21. The molecule has 0 heterocycles. The quantitative estimate of drug-likeness (QED) is 0.667. The molecule has 0 saturated carbocycles. The molecule has 0 aromatic heterocycles. The first-order chi connectivity index (χ1) is 12.1. The number of halogens is 1. The molecule has 5 heteroatoms. The molecule has 0 saturated heterocycles. The van der Waals surface area contributed by atoms with Crippen LogP contribution in [0.25, 0.3) is 0 Å². The number of carbonyl (C=O) groups excluding carboxylic acids is 1. The van der Waals surface area contributed by atoms with Crippen LogP contribution in [0.3, 0.4) is 0 Å². The second kappa shape index (κ2) is 7.73. The predicted molar refractivity (Wildman–Crippen MR) is 100 cm³/mol. The van der Waals surface area contributed by atoms with Gasteiger partial charge in [0.1, 0.15) is 5.75 Å². The van der Waals surface area contributed by atoms with E-state index in [2.05, 4.69) is 5.32 Å². The lowest BCUT2D eigenvalue weighted by Gasteiger charge is -2.13. The minimum atomic E-state index is -0.437. The van der Waals surface area contributed by atoms with Crippen molar-refractivity contribution in [3.63, 3.8) is 0 Å². The van der Waals surface area contributed by atoms with E-state index in [1.165, 1.54) is 0 Å². The molecule has 0 bridgehead atoms. The van der Waals surface area contributed by atoms with Crippen LogP contribution in [0.5, 0.6) is 11.5 Å². The van der Waals surface area contributed by atoms with Crippen molar-refractivity contribution in [3.05, 3.63) is 88.9 Å². The maximum Gasteiger partial charge on any atom is 0.248 e. The lowest BCUT2D eigenvalue weighted by molar-refractivity contribution is 0.1000. The Labute approximate surface area is 151 Å². The SMILES string of the molecule is NC(=O)c1cccc(CNc2ccccc2Oc2ccc(Cl)cc2)c1. The third-order valence-corrected chi connectivity index (χ3v) is 3.87. The highest BCUT2D eigenvalue weighted by atomic mass is 35.5. The number of ether oxygens (including phenoxy) is 1. The summed E-state index contributed by atoms with van der Waals surface area (Å²) in [6, 6.07) is 22.1. The molecule has 3 rings (SSSR count). The number of amides is 1. The fourth-order valence-corrected chi connectivity index (χ4v) is 2.49. The number of nitrogens with two attached hydrogens (primary N) is 1. The lowest BCUT2D eigenvalue weighted by Crippen LogP contribution is -2.11. The summed E-state index contributed by atoms with van der Waals surface area (Å²) in [6.45, 7) is 0.544. The number of rotatable bonds is 6. The molecule has 3 N–H and O–H groups in total. The first-order valence-corrected chi connectivity index (χ1v) is 8.15. The molecule has 1 amide bonds. The number of para-hydroxylation sites is 2. The van der Waals surface area contributed by atoms with Gasteiger partial charge in [-0.3, -0.25) is 4.79 Å². The van der Waals surface area contributed by atoms with Crippen molar-refractivity contribution in [2.24, 2.45) is 5.73 Å². The highest BCUT2D eigenvalue weighted by molar-refractivity contribution is 6.30. The zero-order valence-corrected chi connectivity index (χ0v) is 14.2. The molecule has 3 aromatic rings. The fraction of sp³-hybridized carbons (Fsp3) is 0.0500. The van der Waals surface area contributed by atoms with Crippen LogP contribution in [0, 0.1) is 0 Å². The van der Waals surface area contributed by atoms with E-state index in [0.717, 1.165) is 11.3 Å². The Morgan fingerprint density at radius 3 is 2.52 bits per heavy atom. The highest BCUT2D eigenvalue weighted by Crippen LogP contribution is 2.30. The number of anilines is 1. The Morgan fingerprint density at radius 1 is 1.00 bits per heavy atom. The lowest BCUT2D eigenvalue weighted by atomic mass is 10.1. The molecule has 0 radical (unpaired) electrons. The molecule has 0 spiro atoms. The Morgan fingerprint density at radius 2 is 1.76 bits per heavy atom. The average molecular weight is 353 g/mol. The van der Waals surface area contributed by atoms with Gasteiger partial charge >= 0.3 is 0 Å². The van der Waals surface area contributed by atoms with E-state index in [1.807, 2.05) is 48.5 Å². The standard InChI is InChI=1S/C20H17ClN2O2/c21-16-8-10-17(11-9-16)25-19-7-2-1-6-18(19)23-13-14-4-3-5-15(12-14)20(22)24/h1-12,23H,13H2,(H2,22,24). The number of hydrogen-bond acceptors (Lipinski definition) is 3. The molecule has 0 atom stereocenters. The molecule has 0 aliphatic rings. The topological polar surface area (TPSA) is 64.4 Å². The van der Waals surface area contributed by atoms with E-state index in [9.17, 15) is 4.79 Å². The van der Waals surface area contributed by atoms with Crippen molar-refractivity contribution < 1.29 is 9.53 Å². The van der Waals surface area contributed by atoms with Gasteiger partial charge in [-0.2, -0.15) is 0 Å². The summed E-state index contributed by atoms with van der Waals surface area (Å²) in [5.41, 5.74) is 7.62. The summed E-state index contributed by atoms with van der Waals surface area (Å²) >= 11 is 5.90. The van der Waals surface area contributed by atoms with Crippen LogP contribution in [-0.2, 0) is 6.54 Å². The van der Waals surface area contributed by atoms with Crippen molar-refractivity contribution in [3.8, 4) is 11.5 Å². The van der Waals surface area contributed by atoms with Crippen LogP contribution in [0.4, 0.5) is 5.69 Å².